The van der Waals surface area contributed by atoms with Crippen LogP contribution in [0.25, 0.3) is 0 Å². The largest absolute Gasteiger partial charge is 0.266 e. The summed E-state index contributed by atoms with van der Waals surface area (Å²) < 4.78 is 0. The summed E-state index contributed by atoms with van der Waals surface area (Å²) >= 11 is 1.83. The molecule has 0 radical (unpaired) electrons. The summed E-state index contributed by atoms with van der Waals surface area (Å²) in [6, 6.07) is 31.4. The predicted octanol–water partition coefficient (Wildman–Crippen LogP) is 3.58. The van der Waals surface area contributed by atoms with Crippen LogP contribution in [0, 0.1) is 0 Å². The molecule has 1 heterocycles. The average Bonchev–Trinajstić information content (AvgIpc) is 3.14. The van der Waals surface area contributed by atoms with Gasteiger partial charge in [-0.05, 0) is 29.4 Å². The van der Waals surface area contributed by atoms with Gasteiger partial charge in [0.15, 0.2) is 0 Å². The van der Waals surface area contributed by atoms with Crippen molar-refractivity contribution in [1.82, 2.24) is 0 Å². The maximum atomic E-state index is 6.21. The summed E-state index contributed by atoms with van der Waals surface area (Å²) in [7, 11) is 0. The van der Waals surface area contributed by atoms with E-state index in [-0.39, 0.29) is 5.60 Å². The Morgan fingerprint density at radius 3 is 2.08 bits per heavy atom. The number of hydrogen-bond donors (Lipinski definition) is 1. The van der Waals surface area contributed by atoms with Gasteiger partial charge in [0.1, 0.15) is 0 Å². The van der Waals surface area contributed by atoms with Gasteiger partial charge < -0.3 is 0 Å². The van der Waals surface area contributed by atoms with Crippen LogP contribution in [0.4, 0.5) is 0 Å². The predicted molar refractivity (Wildman–Crippen MR) is 103 cm³/mol. The minimum absolute atomic E-state index is 0.368. The van der Waals surface area contributed by atoms with Crippen molar-refractivity contribution in [2.45, 2.75) is 16.9 Å². The highest BCUT2D eigenvalue weighted by Crippen LogP contribution is 2.36. The lowest BCUT2D eigenvalue weighted by atomic mass is 9.89. The van der Waals surface area contributed by atoms with E-state index in [4.69, 9.17) is 4.84 Å². The number of thioether (sulfide) groups is 1. The summed E-state index contributed by atoms with van der Waals surface area (Å²) in [6.45, 7) is 0. The fourth-order valence-corrected chi connectivity index (χ4v) is 4.18. The van der Waals surface area contributed by atoms with Crippen LogP contribution in [0.15, 0.2) is 95.9 Å². The zero-order valence-electron chi connectivity index (χ0n) is 13.9. The van der Waals surface area contributed by atoms with Crippen LogP contribution in [0.2, 0.25) is 0 Å². The second kappa shape index (κ2) is 7.16. The maximum Gasteiger partial charge on any atom is 0.236 e. The van der Waals surface area contributed by atoms with Gasteiger partial charge in [-0.3, -0.25) is 4.84 Å². The van der Waals surface area contributed by atoms with Gasteiger partial charge in [-0.25, -0.2) is 0 Å². The summed E-state index contributed by atoms with van der Waals surface area (Å²) in [4.78, 5) is 7.47. The summed E-state index contributed by atoms with van der Waals surface area (Å²) in [5.74, 6) is 0.852. The molecule has 0 fully saturated rings. The van der Waals surface area contributed by atoms with E-state index in [0.29, 0.717) is 0 Å². The molecule has 0 saturated heterocycles. The second-order valence-electron chi connectivity index (χ2n) is 6.19. The first-order valence-corrected chi connectivity index (χ1v) is 9.43. The SMILES string of the molecule is c1ccc(SC[C@@]2(c3ccccc3)CC(c3ccccc3)=[NH+]O2)cc1. The fraction of sp³-hybridized carbons (Fsp3) is 0.136. The normalized spacial score (nSPS) is 19.3. The van der Waals surface area contributed by atoms with Gasteiger partial charge in [0.25, 0.3) is 0 Å². The lowest BCUT2D eigenvalue weighted by Gasteiger charge is -2.23. The smallest absolute Gasteiger partial charge is 0.236 e. The first kappa shape index (κ1) is 16.0. The standard InChI is InChI=1S/C22H19NOS/c1-4-10-18(11-5-1)21-16-22(24-23-21,19-12-6-2-7-13-19)17-25-20-14-8-3-9-15-20/h1-15H,16-17H2/p+1/t22-/m1/s1. The third-order valence-electron chi connectivity index (χ3n) is 4.47. The number of rotatable bonds is 5. The molecule has 0 amide bonds. The summed E-state index contributed by atoms with van der Waals surface area (Å²) in [6.07, 6.45) is 0.834. The Bertz CT molecular complexity index is 849. The van der Waals surface area contributed by atoms with Crippen LogP contribution >= 0.6 is 11.8 Å². The number of benzene rings is 3. The van der Waals surface area contributed by atoms with Crippen molar-refractivity contribution in [3.05, 3.63) is 102 Å². The molecule has 4 rings (SSSR count). The first-order chi connectivity index (χ1) is 12.4. The molecule has 1 N–H and O–H groups in total. The maximum absolute atomic E-state index is 6.21. The molecule has 124 valence electrons. The van der Waals surface area contributed by atoms with Gasteiger partial charge in [0.2, 0.25) is 11.3 Å². The van der Waals surface area contributed by atoms with E-state index in [9.17, 15) is 0 Å². The third-order valence-corrected chi connectivity index (χ3v) is 5.69. The van der Waals surface area contributed by atoms with E-state index in [1.165, 1.54) is 16.0 Å². The molecular formula is C22H20NOS+. The zero-order chi connectivity index (χ0) is 17.0. The average molecular weight is 346 g/mol. The Kier molecular flexibility index (Phi) is 4.57. The molecule has 3 aromatic rings. The molecule has 25 heavy (non-hydrogen) atoms. The van der Waals surface area contributed by atoms with Crippen molar-refractivity contribution in [3.8, 4) is 0 Å². The minimum atomic E-state index is -0.368. The fourth-order valence-electron chi connectivity index (χ4n) is 3.10. The van der Waals surface area contributed by atoms with Gasteiger partial charge in [-0.15, -0.1) is 11.8 Å². The van der Waals surface area contributed by atoms with Gasteiger partial charge in [0, 0.05) is 16.0 Å². The quantitative estimate of drug-likeness (QED) is 0.714. The van der Waals surface area contributed by atoms with E-state index in [1.54, 1.807) is 0 Å². The van der Waals surface area contributed by atoms with E-state index in [1.807, 2.05) is 30.0 Å². The number of nitrogens with one attached hydrogen (secondary N) is 1. The van der Waals surface area contributed by atoms with Crippen molar-refractivity contribution < 1.29 is 9.99 Å². The molecule has 1 aliphatic rings. The molecular weight excluding hydrogens is 326 g/mol. The highest BCUT2D eigenvalue weighted by Gasteiger charge is 2.46. The van der Waals surface area contributed by atoms with E-state index in [0.717, 1.165) is 17.9 Å². The highest BCUT2D eigenvalue weighted by molar-refractivity contribution is 7.99. The van der Waals surface area contributed by atoms with Gasteiger partial charge >= 0.3 is 0 Å². The second-order valence-corrected chi connectivity index (χ2v) is 7.24. The van der Waals surface area contributed by atoms with Crippen molar-refractivity contribution in [2.75, 3.05) is 5.75 Å². The molecule has 0 bridgehead atoms. The van der Waals surface area contributed by atoms with Crippen molar-refractivity contribution in [2.24, 2.45) is 0 Å². The Hall–Kier alpha value is -2.52. The topological polar surface area (TPSA) is 23.2 Å². The number of hydrogen-bond acceptors (Lipinski definition) is 2. The van der Waals surface area contributed by atoms with Crippen molar-refractivity contribution >= 4 is 17.5 Å². The Balaban J connectivity index is 1.60. The van der Waals surface area contributed by atoms with Crippen LogP contribution < -0.4 is 5.16 Å². The molecule has 3 aromatic carbocycles. The molecule has 0 aliphatic carbocycles. The van der Waals surface area contributed by atoms with Crippen LogP contribution in [0.1, 0.15) is 17.5 Å². The van der Waals surface area contributed by atoms with Gasteiger partial charge in [-0.1, -0.05) is 66.7 Å². The molecule has 1 atom stereocenters. The van der Waals surface area contributed by atoms with Gasteiger partial charge in [-0.2, -0.15) is 0 Å². The van der Waals surface area contributed by atoms with Crippen LogP contribution in [-0.2, 0) is 10.4 Å². The zero-order valence-corrected chi connectivity index (χ0v) is 14.7. The molecule has 2 nitrogen and oxygen atoms in total. The van der Waals surface area contributed by atoms with E-state index in [2.05, 4.69) is 78.0 Å². The Morgan fingerprint density at radius 1 is 0.800 bits per heavy atom. The lowest BCUT2D eigenvalue weighted by molar-refractivity contribution is -0.765. The minimum Gasteiger partial charge on any atom is -0.266 e. The van der Waals surface area contributed by atoms with Crippen LogP contribution in [0.3, 0.4) is 0 Å². The van der Waals surface area contributed by atoms with Crippen LogP contribution in [0.5, 0.6) is 0 Å². The van der Waals surface area contributed by atoms with Gasteiger partial charge in [0.05, 0.1) is 12.2 Å². The van der Waals surface area contributed by atoms with E-state index >= 15 is 0 Å². The van der Waals surface area contributed by atoms with Crippen molar-refractivity contribution in [3.63, 3.8) is 0 Å². The summed E-state index contributed by atoms with van der Waals surface area (Å²) in [5.41, 5.74) is 3.16. The highest BCUT2D eigenvalue weighted by atomic mass is 32.2. The lowest BCUT2D eigenvalue weighted by Crippen LogP contribution is -2.69. The molecule has 0 unspecified atom stereocenters. The van der Waals surface area contributed by atoms with E-state index < -0.39 is 0 Å². The Morgan fingerprint density at radius 2 is 1.40 bits per heavy atom. The van der Waals surface area contributed by atoms with Crippen LogP contribution in [-0.4, -0.2) is 11.5 Å². The van der Waals surface area contributed by atoms with Crippen molar-refractivity contribution in [1.29, 1.82) is 0 Å². The third kappa shape index (κ3) is 3.47. The molecule has 0 spiro atoms. The monoisotopic (exact) mass is 346 g/mol. The summed E-state index contributed by atoms with van der Waals surface area (Å²) in [5, 5.41) is 3.20. The first-order valence-electron chi connectivity index (χ1n) is 8.44. The molecule has 1 aliphatic heterocycles. The Labute approximate surface area is 152 Å². The molecule has 0 aromatic heterocycles. The molecule has 0 saturated carbocycles. The molecule has 3 heteroatoms.